The maximum Gasteiger partial charge on any atom is 0.324 e. The first-order valence-corrected chi connectivity index (χ1v) is 6.16. The van der Waals surface area contributed by atoms with Crippen LogP contribution in [-0.4, -0.2) is 24.6 Å². The molecule has 0 aliphatic rings. The van der Waals surface area contributed by atoms with Crippen molar-refractivity contribution in [3.63, 3.8) is 0 Å². The SMILES string of the molecule is COC(=O)[C@@H](C(C)=O)C(=O)c1cccc2ccccc12. The van der Waals surface area contributed by atoms with Crippen LogP contribution in [0, 0.1) is 5.92 Å². The molecule has 0 radical (unpaired) electrons. The third-order valence-electron chi connectivity index (χ3n) is 3.16. The van der Waals surface area contributed by atoms with Crippen LogP contribution in [0.15, 0.2) is 42.5 Å². The molecule has 0 aliphatic heterocycles. The predicted molar refractivity (Wildman–Crippen MR) is 74.5 cm³/mol. The van der Waals surface area contributed by atoms with Gasteiger partial charge in [-0.3, -0.25) is 14.4 Å². The highest BCUT2D eigenvalue weighted by atomic mass is 16.5. The van der Waals surface area contributed by atoms with Crippen molar-refractivity contribution in [3.8, 4) is 0 Å². The van der Waals surface area contributed by atoms with Gasteiger partial charge < -0.3 is 4.74 Å². The fourth-order valence-corrected chi connectivity index (χ4v) is 2.17. The van der Waals surface area contributed by atoms with Crippen LogP contribution in [0.4, 0.5) is 0 Å². The van der Waals surface area contributed by atoms with E-state index in [4.69, 9.17) is 0 Å². The number of methoxy groups -OCH3 is 1. The van der Waals surface area contributed by atoms with Crippen molar-refractivity contribution in [2.75, 3.05) is 7.11 Å². The zero-order valence-corrected chi connectivity index (χ0v) is 11.3. The largest absolute Gasteiger partial charge is 0.468 e. The molecule has 0 bridgehead atoms. The van der Waals surface area contributed by atoms with Crippen molar-refractivity contribution < 1.29 is 19.1 Å². The van der Waals surface area contributed by atoms with E-state index >= 15 is 0 Å². The second-order valence-corrected chi connectivity index (χ2v) is 4.46. The molecule has 2 aromatic carbocycles. The summed E-state index contributed by atoms with van der Waals surface area (Å²) in [6, 6.07) is 12.5. The van der Waals surface area contributed by atoms with Crippen molar-refractivity contribution in [1.82, 2.24) is 0 Å². The van der Waals surface area contributed by atoms with Gasteiger partial charge in [0.25, 0.3) is 0 Å². The van der Waals surface area contributed by atoms with Crippen molar-refractivity contribution in [3.05, 3.63) is 48.0 Å². The van der Waals surface area contributed by atoms with E-state index in [1.54, 1.807) is 24.3 Å². The fraction of sp³-hybridized carbons (Fsp3) is 0.188. The van der Waals surface area contributed by atoms with Gasteiger partial charge in [0.15, 0.2) is 17.5 Å². The molecule has 0 amide bonds. The van der Waals surface area contributed by atoms with Crippen molar-refractivity contribution in [1.29, 1.82) is 0 Å². The number of fused-ring (bicyclic) bond motifs is 1. The standard InChI is InChI=1S/C16H14O4/c1-10(17)14(16(19)20-2)15(18)13-9-5-7-11-6-3-4-8-12(11)13/h3-9,14H,1-2H3/t14-/m0/s1. The summed E-state index contributed by atoms with van der Waals surface area (Å²) in [5, 5.41) is 1.60. The molecule has 4 heteroatoms. The molecule has 0 saturated carbocycles. The summed E-state index contributed by atoms with van der Waals surface area (Å²) in [5.41, 5.74) is 0.355. The molecule has 1 atom stereocenters. The Morgan fingerprint density at radius 3 is 2.30 bits per heavy atom. The maximum atomic E-state index is 12.5. The summed E-state index contributed by atoms with van der Waals surface area (Å²) in [7, 11) is 1.16. The van der Waals surface area contributed by atoms with Crippen molar-refractivity contribution in [2.24, 2.45) is 5.92 Å². The van der Waals surface area contributed by atoms with E-state index in [0.29, 0.717) is 5.56 Å². The highest BCUT2D eigenvalue weighted by molar-refractivity contribution is 6.25. The zero-order valence-electron chi connectivity index (χ0n) is 11.3. The maximum absolute atomic E-state index is 12.5. The van der Waals surface area contributed by atoms with E-state index in [9.17, 15) is 14.4 Å². The monoisotopic (exact) mass is 270 g/mol. The summed E-state index contributed by atoms with van der Waals surface area (Å²) in [4.78, 5) is 35.7. The van der Waals surface area contributed by atoms with Crippen LogP contribution < -0.4 is 0 Å². The molecular formula is C16H14O4. The number of carbonyl (C=O) groups is 3. The molecule has 0 saturated heterocycles. The Bertz CT molecular complexity index is 682. The molecule has 20 heavy (non-hydrogen) atoms. The van der Waals surface area contributed by atoms with Crippen LogP contribution >= 0.6 is 0 Å². The van der Waals surface area contributed by atoms with E-state index < -0.39 is 23.5 Å². The van der Waals surface area contributed by atoms with Crippen molar-refractivity contribution >= 4 is 28.3 Å². The highest BCUT2D eigenvalue weighted by Crippen LogP contribution is 2.22. The predicted octanol–water partition coefficient (Wildman–Crippen LogP) is 2.40. The molecule has 0 N–H and O–H groups in total. The van der Waals surface area contributed by atoms with Gasteiger partial charge >= 0.3 is 5.97 Å². The third-order valence-corrected chi connectivity index (χ3v) is 3.16. The number of esters is 1. The Hall–Kier alpha value is -2.49. The summed E-state index contributed by atoms with van der Waals surface area (Å²) < 4.78 is 4.55. The first-order chi connectivity index (χ1) is 9.56. The number of hydrogen-bond donors (Lipinski definition) is 0. The van der Waals surface area contributed by atoms with Gasteiger partial charge in [-0.2, -0.15) is 0 Å². The Balaban J connectivity index is 2.55. The topological polar surface area (TPSA) is 60.4 Å². The number of Topliss-reactive ketones (excluding diaryl/α,β-unsaturated/α-hetero) is 2. The van der Waals surface area contributed by atoms with E-state index in [0.717, 1.165) is 17.9 Å². The van der Waals surface area contributed by atoms with Crippen LogP contribution in [0.25, 0.3) is 10.8 Å². The van der Waals surface area contributed by atoms with Crippen molar-refractivity contribution in [2.45, 2.75) is 6.92 Å². The molecule has 102 valence electrons. The number of rotatable bonds is 4. The number of carbonyl (C=O) groups excluding carboxylic acids is 3. The van der Waals surface area contributed by atoms with Gasteiger partial charge in [0.2, 0.25) is 0 Å². The van der Waals surface area contributed by atoms with Crippen LogP contribution in [0.1, 0.15) is 17.3 Å². The summed E-state index contributed by atoms with van der Waals surface area (Å²) >= 11 is 0. The normalized spacial score (nSPS) is 11.9. The lowest BCUT2D eigenvalue weighted by atomic mass is 9.91. The van der Waals surface area contributed by atoms with Crippen LogP contribution in [-0.2, 0) is 14.3 Å². The van der Waals surface area contributed by atoms with Gasteiger partial charge in [0.1, 0.15) is 0 Å². The fourth-order valence-electron chi connectivity index (χ4n) is 2.17. The molecule has 0 fully saturated rings. The second-order valence-electron chi connectivity index (χ2n) is 4.46. The van der Waals surface area contributed by atoms with E-state index in [-0.39, 0.29) is 0 Å². The zero-order chi connectivity index (χ0) is 14.7. The number of hydrogen-bond acceptors (Lipinski definition) is 4. The quantitative estimate of drug-likeness (QED) is 0.486. The minimum atomic E-state index is -1.40. The Labute approximate surface area is 116 Å². The van der Waals surface area contributed by atoms with E-state index in [2.05, 4.69) is 4.74 Å². The minimum Gasteiger partial charge on any atom is -0.468 e. The van der Waals surface area contributed by atoms with E-state index in [1.165, 1.54) is 6.92 Å². The molecule has 0 heterocycles. The van der Waals surface area contributed by atoms with Gasteiger partial charge in [0, 0.05) is 5.56 Å². The Morgan fingerprint density at radius 2 is 1.65 bits per heavy atom. The van der Waals surface area contributed by atoms with Gasteiger partial charge in [0.05, 0.1) is 7.11 Å². The van der Waals surface area contributed by atoms with Crippen LogP contribution in [0.2, 0.25) is 0 Å². The minimum absolute atomic E-state index is 0.355. The van der Waals surface area contributed by atoms with E-state index in [1.807, 2.05) is 18.2 Å². The molecule has 2 rings (SSSR count). The summed E-state index contributed by atoms with van der Waals surface area (Å²) in [5.74, 6) is -3.27. The van der Waals surface area contributed by atoms with Gasteiger partial charge in [-0.25, -0.2) is 0 Å². The number of benzene rings is 2. The third kappa shape index (κ3) is 2.45. The average Bonchev–Trinajstić information content (AvgIpc) is 2.46. The van der Waals surface area contributed by atoms with Crippen LogP contribution in [0.5, 0.6) is 0 Å². The Kier molecular flexibility index (Phi) is 3.94. The lowest BCUT2D eigenvalue weighted by Gasteiger charge is -2.12. The lowest BCUT2D eigenvalue weighted by molar-refractivity contribution is -0.146. The molecular weight excluding hydrogens is 256 g/mol. The highest BCUT2D eigenvalue weighted by Gasteiger charge is 2.33. The smallest absolute Gasteiger partial charge is 0.324 e. The molecule has 4 nitrogen and oxygen atoms in total. The first kappa shape index (κ1) is 13.9. The molecule has 0 spiro atoms. The molecule has 2 aromatic rings. The van der Waals surface area contributed by atoms with Gasteiger partial charge in [-0.05, 0) is 17.7 Å². The van der Waals surface area contributed by atoms with Gasteiger partial charge in [-0.1, -0.05) is 42.5 Å². The molecule has 0 unspecified atom stereocenters. The molecule has 0 aromatic heterocycles. The van der Waals surface area contributed by atoms with Gasteiger partial charge in [-0.15, -0.1) is 0 Å². The van der Waals surface area contributed by atoms with Crippen LogP contribution in [0.3, 0.4) is 0 Å². The Morgan fingerprint density at radius 1 is 1.00 bits per heavy atom. The average molecular weight is 270 g/mol. The number of ketones is 2. The summed E-state index contributed by atoms with van der Waals surface area (Å²) in [6.07, 6.45) is 0. The second kappa shape index (κ2) is 5.65. The lowest BCUT2D eigenvalue weighted by Crippen LogP contribution is -2.31. The first-order valence-electron chi connectivity index (χ1n) is 6.16. The summed E-state index contributed by atoms with van der Waals surface area (Å²) in [6.45, 7) is 1.21. The number of ether oxygens (including phenoxy) is 1. The molecule has 0 aliphatic carbocycles.